The van der Waals surface area contributed by atoms with E-state index < -0.39 is 0 Å². The summed E-state index contributed by atoms with van der Waals surface area (Å²) in [4.78, 5) is 14.6. The van der Waals surface area contributed by atoms with Gasteiger partial charge in [-0.05, 0) is 30.2 Å². The van der Waals surface area contributed by atoms with E-state index in [1.807, 2.05) is 25.1 Å². The number of nitrogens with one attached hydrogen (secondary N) is 2. The van der Waals surface area contributed by atoms with Gasteiger partial charge in [-0.1, -0.05) is 6.92 Å². The molecule has 2 rings (SSSR count). The predicted molar refractivity (Wildman–Crippen MR) is 83.4 cm³/mol. The summed E-state index contributed by atoms with van der Waals surface area (Å²) in [5, 5.41) is 17.4. The SMILES string of the molecule is CCCNc1cc(NCc2ccncc2)cc([N+](=O)[O-])c1. The third-order valence-electron chi connectivity index (χ3n) is 2.95. The van der Waals surface area contributed by atoms with E-state index in [0.717, 1.165) is 29.9 Å². The van der Waals surface area contributed by atoms with Crippen molar-refractivity contribution < 1.29 is 4.92 Å². The molecule has 0 unspecified atom stereocenters. The van der Waals surface area contributed by atoms with E-state index in [2.05, 4.69) is 15.6 Å². The van der Waals surface area contributed by atoms with E-state index in [1.54, 1.807) is 18.5 Å². The molecule has 0 radical (unpaired) electrons. The smallest absolute Gasteiger partial charge is 0.273 e. The fraction of sp³-hybridized carbons (Fsp3) is 0.267. The summed E-state index contributed by atoms with van der Waals surface area (Å²) < 4.78 is 0. The maximum atomic E-state index is 11.0. The Morgan fingerprint density at radius 3 is 2.43 bits per heavy atom. The van der Waals surface area contributed by atoms with Crippen molar-refractivity contribution in [2.24, 2.45) is 0 Å². The van der Waals surface area contributed by atoms with Gasteiger partial charge in [0.2, 0.25) is 0 Å². The highest BCUT2D eigenvalue weighted by Gasteiger charge is 2.09. The van der Waals surface area contributed by atoms with Gasteiger partial charge in [0, 0.05) is 49.0 Å². The molecule has 1 aromatic carbocycles. The molecule has 0 aliphatic heterocycles. The molecule has 6 nitrogen and oxygen atoms in total. The van der Waals surface area contributed by atoms with E-state index in [0.29, 0.717) is 6.54 Å². The Morgan fingerprint density at radius 1 is 1.14 bits per heavy atom. The topological polar surface area (TPSA) is 80.1 Å². The van der Waals surface area contributed by atoms with Crippen molar-refractivity contribution in [3.8, 4) is 0 Å². The average Bonchev–Trinajstić information content (AvgIpc) is 2.51. The van der Waals surface area contributed by atoms with Gasteiger partial charge in [-0.25, -0.2) is 0 Å². The second-order valence-electron chi connectivity index (χ2n) is 4.66. The number of pyridine rings is 1. The number of hydrogen-bond donors (Lipinski definition) is 2. The summed E-state index contributed by atoms with van der Waals surface area (Å²) in [7, 11) is 0. The molecule has 0 spiro atoms. The second kappa shape index (κ2) is 7.23. The molecule has 0 saturated carbocycles. The number of anilines is 2. The predicted octanol–water partition coefficient (Wildman–Crippen LogP) is 3.42. The summed E-state index contributed by atoms with van der Waals surface area (Å²) in [5.41, 5.74) is 2.62. The third kappa shape index (κ3) is 4.45. The molecule has 0 bridgehead atoms. The summed E-state index contributed by atoms with van der Waals surface area (Å²) >= 11 is 0. The van der Waals surface area contributed by atoms with Crippen LogP contribution in [0.25, 0.3) is 0 Å². The van der Waals surface area contributed by atoms with Gasteiger partial charge in [0.15, 0.2) is 0 Å². The van der Waals surface area contributed by atoms with Gasteiger partial charge >= 0.3 is 0 Å². The molecule has 6 heteroatoms. The van der Waals surface area contributed by atoms with Crippen molar-refractivity contribution in [1.82, 2.24) is 4.98 Å². The van der Waals surface area contributed by atoms with Gasteiger partial charge in [-0.2, -0.15) is 0 Å². The average molecular weight is 286 g/mol. The van der Waals surface area contributed by atoms with Gasteiger partial charge < -0.3 is 10.6 Å². The lowest BCUT2D eigenvalue weighted by Gasteiger charge is -2.10. The van der Waals surface area contributed by atoms with Gasteiger partial charge in [-0.3, -0.25) is 15.1 Å². The van der Waals surface area contributed by atoms with Gasteiger partial charge in [0.1, 0.15) is 0 Å². The first-order valence-corrected chi connectivity index (χ1v) is 6.85. The third-order valence-corrected chi connectivity index (χ3v) is 2.95. The summed E-state index contributed by atoms with van der Waals surface area (Å²) in [6.45, 7) is 3.43. The number of nitro groups is 1. The van der Waals surface area contributed by atoms with Crippen molar-refractivity contribution in [1.29, 1.82) is 0 Å². The zero-order valence-corrected chi connectivity index (χ0v) is 11.9. The van der Waals surface area contributed by atoms with Crippen LogP contribution >= 0.6 is 0 Å². The lowest BCUT2D eigenvalue weighted by atomic mass is 10.2. The maximum Gasteiger partial charge on any atom is 0.273 e. The first-order chi connectivity index (χ1) is 10.2. The summed E-state index contributed by atoms with van der Waals surface area (Å²) in [5.74, 6) is 0. The highest BCUT2D eigenvalue weighted by Crippen LogP contribution is 2.24. The highest BCUT2D eigenvalue weighted by molar-refractivity contribution is 5.63. The first-order valence-electron chi connectivity index (χ1n) is 6.85. The fourth-order valence-electron chi connectivity index (χ4n) is 1.89. The standard InChI is InChI=1S/C15H18N4O2/c1-2-5-17-13-8-14(10-15(9-13)19(20)21)18-11-12-3-6-16-7-4-12/h3-4,6-10,17-18H,2,5,11H2,1H3. The van der Waals surface area contributed by atoms with Crippen LogP contribution in [0.5, 0.6) is 0 Å². The van der Waals surface area contributed by atoms with Crippen molar-refractivity contribution in [3.63, 3.8) is 0 Å². The minimum absolute atomic E-state index is 0.0772. The number of nitrogens with zero attached hydrogens (tertiary/aromatic N) is 2. The molecule has 1 aromatic heterocycles. The minimum atomic E-state index is -0.380. The molecule has 0 atom stereocenters. The van der Waals surface area contributed by atoms with Crippen molar-refractivity contribution >= 4 is 17.1 Å². The Labute approximate surface area is 123 Å². The van der Waals surface area contributed by atoms with Gasteiger partial charge in [-0.15, -0.1) is 0 Å². The van der Waals surface area contributed by atoms with Gasteiger partial charge in [0.05, 0.1) is 4.92 Å². The van der Waals surface area contributed by atoms with Crippen molar-refractivity contribution in [3.05, 3.63) is 58.4 Å². The number of non-ortho nitro benzene ring substituents is 1. The Bertz CT molecular complexity index is 602. The van der Waals surface area contributed by atoms with Crippen LogP contribution in [0, 0.1) is 10.1 Å². The molecule has 0 fully saturated rings. The molecule has 2 aromatic rings. The molecule has 110 valence electrons. The molecular formula is C15H18N4O2. The van der Waals surface area contributed by atoms with Crippen LogP contribution in [0.2, 0.25) is 0 Å². The monoisotopic (exact) mass is 286 g/mol. The lowest BCUT2D eigenvalue weighted by Crippen LogP contribution is -2.04. The quantitative estimate of drug-likeness (QED) is 0.602. The van der Waals surface area contributed by atoms with Crippen LogP contribution in [0.3, 0.4) is 0 Å². The first kappa shape index (κ1) is 14.8. The Kier molecular flexibility index (Phi) is 5.09. The van der Waals surface area contributed by atoms with Crippen LogP contribution < -0.4 is 10.6 Å². The van der Waals surface area contributed by atoms with Crippen LogP contribution in [-0.2, 0) is 6.54 Å². The molecule has 1 heterocycles. The second-order valence-corrected chi connectivity index (χ2v) is 4.66. The Morgan fingerprint density at radius 2 is 1.81 bits per heavy atom. The van der Waals surface area contributed by atoms with Crippen LogP contribution in [-0.4, -0.2) is 16.5 Å². The van der Waals surface area contributed by atoms with Crippen LogP contribution in [0.15, 0.2) is 42.7 Å². The molecule has 0 saturated heterocycles. The number of benzene rings is 1. The number of nitro benzene ring substituents is 1. The van der Waals surface area contributed by atoms with Gasteiger partial charge in [0.25, 0.3) is 5.69 Å². The Balaban J connectivity index is 2.13. The van der Waals surface area contributed by atoms with E-state index in [1.165, 1.54) is 6.07 Å². The zero-order chi connectivity index (χ0) is 15.1. The number of hydrogen-bond acceptors (Lipinski definition) is 5. The Hall–Kier alpha value is -2.63. The molecule has 0 aliphatic carbocycles. The molecular weight excluding hydrogens is 268 g/mol. The molecule has 2 N–H and O–H groups in total. The van der Waals surface area contributed by atoms with E-state index in [-0.39, 0.29) is 10.6 Å². The van der Waals surface area contributed by atoms with Crippen molar-refractivity contribution in [2.45, 2.75) is 19.9 Å². The molecule has 0 aliphatic rings. The molecule has 0 amide bonds. The molecule has 21 heavy (non-hydrogen) atoms. The number of aromatic nitrogens is 1. The van der Waals surface area contributed by atoms with E-state index in [9.17, 15) is 10.1 Å². The number of rotatable bonds is 7. The highest BCUT2D eigenvalue weighted by atomic mass is 16.6. The normalized spacial score (nSPS) is 10.1. The van der Waals surface area contributed by atoms with Crippen LogP contribution in [0.1, 0.15) is 18.9 Å². The van der Waals surface area contributed by atoms with E-state index >= 15 is 0 Å². The lowest BCUT2D eigenvalue weighted by molar-refractivity contribution is -0.384. The summed E-state index contributed by atoms with van der Waals surface area (Å²) in [6.07, 6.45) is 4.40. The van der Waals surface area contributed by atoms with Crippen LogP contribution in [0.4, 0.5) is 17.1 Å². The van der Waals surface area contributed by atoms with Crippen molar-refractivity contribution in [2.75, 3.05) is 17.2 Å². The summed E-state index contributed by atoms with van der Waals surface area (Å²) in [6, 6.07) is 8.77. The minimum Gasteiger partial charge on any atom is -0.385 e. The zero-order valence-electron chi connectivity index (χ0n) is 11.9. The maximum absolute atomic E-state index is 11.0. The largest absolute Gasteiger partial charge is 0.385 e. The van der Waals surface area contributed by atoms with E-state index in [4.69, 9.17) is 0 Å². The fourth-order valence-corrected chi connectivity index (χ4v) is 1.89.